The molecule has 0 fully saturated rings. The topological polar surface area (TPSA) is 67.9 Å². The van der Waals surface area contributed by atoms with Crippen molar-refractivity contribution in [1.82, 2.24) is 0 Å². The standard InChI is InChI=1S/C14H10FN3O2/c1-14(9-5-3-2-4-6-9)16-12-10(15)7-8-11(18(19)20)13(12)17-14/h2-8H,1H3. The summed E-state index contributed by atoms with van der Waals surface area (Å²) in [7, 11) is 0. The Morgan fingerprint density at radius 3 is 2.40 bits per heavy atom. The number of nitro groups is 1. The van der Waals surface area contributed by atoms with Gasteiger partial charge in [0.15, 0.2) is 16.8 Å². The van der Waals surface area contributed by atoms with Crippen LogP contribution in [0.3, 0.4) is 0 Å². The van der Waals surface area contributed by atoms with Crippen molar-refractivity contribution >= 4 is 5.69 Å². The molecule has 1 atom stereocenters. The Morgan fingerprint density at radius 1 is 1.10 bits per heavy atom. The number of rotatable bonds is 2. The number of halogens is 1. The molecular formula is C14H10FN3O2. The van der Waals surface area contributed by atoms with Gasteiger partial charge in [0.2, 0.25) is 0 Å². The molecule has 0 bridgehead atoms. The number of hydrogen-bond acceptors (Lipinski definition) is 4. The fourth-order valence-corrected chi connectivity index (χ4v) is 2.25. The highest BCUT2D eigenvalue weighted by Crippen LogP contribution is 2.27. The second kappa shape index (κ2) is 4.19. The molecule has 1 heterocycles. The minimum atomic E-state index is -1.03. The van der Waals surface area contributed by atoms with Crippen molar-refractivity contribution < 1.29 is 9.31 Å². The summed E-state index contributed by atoms with van der Waals surface area (Å²) in [6.45, 7) is 1.70. The smallest absolute Gasteiger partial charge is 0.258 e. The zero-order chi connectivity index (χ0) is 14.3. The first-order valence-electron chi connectivity index (χ1n) is 5.99. The van der Waals surface area contributed by atoms with Gasteiger partial charge in [0.25, 0.3) is 5.69 Å². The predicted molar refractivity (Wildman–Crippen MR) is 69.2 cm³/mol. The van der Waals surface area contributed by atoms with E-state index in [9.17, 15) is 14.5 Å². The first kappa shape index (κ1) is 12.4. The summed E-state index contributed by atoms with van der Waals surface area (Å²) in [4.78, 5) is 19.0. The van der Waals surface area contributed by atoms with Crippen molar-refractivity contribution in [3.63, 3.8) is 0 Å². The van der Waals surface area contributed by atoms with Gasteiger partial charge in [-0.05, 0) is 13.0 Å². The molecule has 0 spiro atoms. The Balaban J connectivity index is 2.31. The molecular weight excluding hydrogens is 261 g/mol. The van der Waals surface area contributed by atoms with Crippen molar-refractivity contribution in [1.29, 1.82) is 0 Å². The third-order valence-electron chi connectivity index (χ3n) is 3.26. The number of nitro benzene ring substituents is 1. The van der Waals surface area contributed by atoms with Gasteiger partial charge in [0.1, 0.15) is 5.36 Å². The molecule has 1 unspecified atom stereocenters. The minimum absolute atomic E-state index is 0.00125. The molecule has 0 N–H and O–H groups in total. The van der Waals surface area contributed by atoms with Crippen LogP contribution < -0.4 is 10.7 Å². The van der Waals surface area contributed by atoms with Crippen molar-refractivity contribution in [3.8, 4) is 0 Å². The second-order valence-electron chi connectivity index (χ2n) is 4.63. The van der Waals surface area contributed by atoms with Crippen LogP contribution >= 0.6 is 0 Å². The maximum absolute atomic E-state index is 13.8. The van der Waals surface area contributed by atoms with E-state index in [1.807, 2.05) is 30.3 Å². The highest BCUT2D eigenvalue weighted by molar-refractivity contribution is 5.33. The molecule has 0 saturated heterocycles. The fourth-order valence-electron chi connectivity index (χ4n) is 2.25. The highest BCUT2D eigenvalue weighted by atomic mass is 19.1. The summed E-state index contributed by atoms with van der Waals surface area (Å²) in [6.07, 6.45) is 0. The predicted octanol–water partition coefficient (Wildman–Crippen LogP) is 1.86. The third-order valence-corrected chi connectivity index (χ3v) is 3.26. The van der Waals surface area contributed by atoms with E-state index in [-0.39, 0.29) is 16.4 Å². The molecule has 20 heavy (non-hydrogen) atoms. The maximum Gasteiger partial charge on any atom is 0.296 e. The summed E-state index contributed by atoms with van der Waals surface area (Å²) < 4.78 is 13.8. The molecule has 0 amide bonds. The average Bonchev–Trinajstić information content (AvgIpc) is 2.80. The molecule has 2 aromatic rings. The largest absolute Gasteiger partial charge is 0.296 e. The second-order valence-corrected chi connectivity index (χ2v) is 4.63. The summed E-state index contributed by atoms with van der Waals surface area (Å²) in [6, 6.07) is 11.3. The maximum atomic E-state index is 13.8. The molecule has 100 valence electrons. The molecule has 3 rings (SSSR count). The van der Waals surface area contributed by atoms with E-state index in [2.05, 4.69) is 9.98 Å². The lowest BCUT2D eigenvalue weighted by Crippen LogP contribution is -2.28. The molecule has 5 nitrogen and oxygen atoms in total. The fraction of sp³-hybridized carbons (Fsp3) is 0.143. The van der Waals surface area contributed by atoms with Gasteiger partial charge in [0, 0.05) is 11.6 Å². The van der Waals surface area contributed by atoms with Crippen LogP contribution in [0.15, 0.2) is 52.4 Å². The average molecular weight is 271 g/mol. The monoisotopic (exact) mass is 271 g/mol. The summed E-state index contributed by atoms with van der Waals surface area (Å²) in [5.74, 6) is -0.603. The first-order valence-corrected chi connectivity index (χ1v) is 5.99. The van der Waals surface area contributed by atoms with E-state index in [1.165, 1.54) is 0 Å². The minimum Gasteiger partial charge on any atom is -0.258 e. The lowest BCUT2D eigenvalue weighted by Gasteiger charge is -2.17. The number of hydrogen-bond donors (Lipinski definition) is 0. The lowest BCUT2D eigenvalue weighted by molar-refractivity contribution is -0.386. The zero-order valence-corrected chi connectivity index (χ0v) is 10.6. The Labute approximate surface area is 113 Å². The van der Waals surface area contributed by atoms with Crippen molar-refractivity contribution in [2.45, 2.75) is 12.6 Å². The van der Waals surface area contributed by atoms with Crippen LogP contribution in [0.5, 0.6) is 0 Å². The molecule has 0 saturated carbocycles. The van der Waals surface area contributed by atoms with Crippen LogP contribution in [0, 0.1) is 15.9 Å². The van der Waals surface area contributed by atoms with Gasteiger partial charge in [-0.15, -0.1) is 0 Å². The van der Waals surface area contributed by atoms with Gasteiger partial charge < -0.3 is 0 Å². The van der Waals surface area contributed by atoms with Crippen LogP contribution in [-0.4, -0.2) is 4.92 Å². The molecule has 0 aromatic heterocycles. The van der Waals surface area contributed by atoms with E-state index in [4.69, 9.17) is 0 Å². The number of benzene rings is 2. The molecule has 6 heteroatoms. The molecule has 0 aliphatic carbocycles. The molecule has 1 aliphatic rings. The van der Waals surface area contributed by atoms with Gasteiger partial charge >= 0.3 is 0 Å². The van der Waals surface area contributed by atoms with E-state index < -0.39 is 16.4 Å². The Kier molecular flexibility index (Phi) is 2.60. The summed E-state index contributed by atoms with van der Waals surface area (Å²) >= 11 is 0. The van der Waals surface area contributed by atoms with Crippen LogP contribution in [0.2, 0.25) is 0 Å². The van der Waals surface area contributed by atoms with Crippen LogP contribution in [0.1, 0.15) is 12.5 Å². The number of nitrogens with zero attached hydrogens (tertiary/aromatic N) is 3. The van der Waals surface area contributed by atoms with E-state index in [0.29, 0.717) is 0 Å². The van der Waals surface area contributed by atoms with E-state index in [1.54, 1.807) is 6.92 Å². The van der Waals surface area contributed by atoms with E-state index in [0.717, 1.165) is 17.7 Å². The van der Waals surface area contributed by atoms with Crippen LogP contribution in [0.4, 0.5) is 10.1 Å². The summed E-state index contributed by atoms with van der Waals surface area (Å²) in [5, 5.41) is 11.0. The van der Waals surface area contributed by atoms with Crippen LogP contribution in [0.25, 0.3) is 0 Å². The first-order chi connectivity index (χ1) is 9.51. The van der Waals surface area contributed by atoms with Crippen LogP contribution in [-0.2, 0) is 5.66 Å². The van der Waals surface area contributed by atoms with Gasteiger partial charge in [-0.3, -0.25) is 10.1 Å². The molecule has 2 aromatic carbocycles. The number of non-ortho nitro benzene ring substituents is 1. The Morgan fingerprint density at radius 2 is 1.75 bits per heavy atom. The summed E-state index contributed by atoms with van der Waals surface area (Å²) in [5.41, 5.74) is -0.508. The van der Waals surface area contributed by atoms with Gasteiger partial charge in [-0.2, -0.15) is 0 Å². The third kappa shape index (κ3) is 1.77. The Bertz CT molecular complexity index is 820. The Hall–Kier alpha value is -2.63. The number of fused-ring (bicyclic) bond motifs is 1. The quantitative estimate of drug-likeness (QED) is 0.618. The van der Waals surface area contributed by atoms with Crippen molar-refractivity contribution in [2.75, 3.05) is 0 Å². The zero-order valence-electron chi connectivity index (χ0n) is 10.6. The molecule has 0 radical (unpaired) electrons. The molecule has 1 aliphatic heterocycles. The van der Waals surface area contributed by atoms with Crippen molar-refractivity contribution in [2.24, 2.45) is 9.98 Å². The van der Waals surface area contributed by atoms with Gasteiger partial charge in [-0.25, -0.2) is 14.4 Å². The van der Waals surface area contributed by atoms with Gasteiger partial charge in [-0.1, -0.05) is 30.3 Å². The normalized spacial score (nSPS) is 19.9. The van der Waals surface area contributed by atoms with Gasteiger partial charge in [0.05, 0.1) is 4.92 Å². The highest BCUT2D eigenvalue weighted by Gasteiger charge is 2.31. The SMILES string of the molecule is CC1(c2ccccc2)N=c2c(F)ccc([N+](=O)[O-])c2=N1. The lowest BCUT2D eigenvalue weighted by atomic mass is 10.0. The van der Waals surface area contributed by atoms with Crippen molar-refractivity contribution in [3.05, 3.63) is 74.7 Å². The van der Waals surface area contributed by atoms with E-state index >= 15 is 0 Å².